The SMILES string of the molecule is CCN(C(=O)C1(c2ccc(N)cc2)CC1)C1CC1. The molecule has 3 heteroatoms. The number of nitrogen functional groups attached to an aromatic ring is 1. The Kier molecular flexibility index (Phi) is 2.58. The molecule has 0 saturated heterocycles. The average molecular weight is 244 g/mol. The van der Waals surface area contributed by atoms with E-state index in [-0.39, 0.29) is 5.41 Å². The number of likely N-dealkylation sites (N-methyl/N-ethyl adjacent to an activating group) is 1. The Morgan fingerprint density at radius 2 is 1.94 bits per heavy atom. The van der Waals surface area contributed by atoms with E-state index < -0.39 is 0 Å². The topological polar surface area (TPSA) is 46.3 Å². The van der Waals surface area contributed by atoms with Crippen molar-refractivity contribution in [2.24, 2.45) is 0 Å². The summed E-state index contributed by atoms with van der Waals surface area (Å²) in [5.41, 5.74) is 7.39. The van der Waals surface area contributed by atoms with E-state index in [1.54, 1.807) is 0 Å². The molecule has 2 aliphatic carbocycles. The Labute approximate surface area is 108 Å². The van der Waals surface area contributed by atoms with Crippen LogP contribution in [-0.2, 0) is 10.2 Å². The largest absolute Gasteiger partial charge is 0.399 e. The maximum absolute atomic E-state index is 12.7. The molecular formula is C15H20N2O. The van der Waals surface area contributed by atoms with Crippen LogP contribution in [0.2, 0.25) is 0 Å². The van der Waals surface area contributed by atoms with Crippen molar-refractivity contribution in [3.05, 3.63) is 29.8 Å². The molecule has 2 saturated carbocycles. The van der Waals surface area contributed by atoms with Gasteiger partial charge in [-0.2, -0.15) is 0 Å². The molecule has 18 heavy (non-hydrogen) atoms. The predicted molar refractivity (Wildman–Crippen MR) is 72.2 cm³/mol. The molecule has 1 amide bonds. The third-order valence-electron chi connectivity index (χ3n) is 4.21. The summed E-state index contributed by atoms with van der Waals surface area (Å²) in [5, 5.41) is 0. The van der Waals surface area contributed by atoms with Crippen molar-refractivity contribution in [2.45, 2.75) is 44.1 Å². The van der Waals surface area contributed by atoms with E-state index in [2.05, 4.69) is 11.8 Å². The van der Waals surface area contributed by atoms with Crippen molar-refractivity contribution in [3.8, 4) is 0 Å². The van der Waals surface area contributed by atoms with Gasteiger partial charge in [-0.1, -0.05) is 12.1 Å². The zero-order valence-corrected chi connectivity index (χ0v) is 10.9. The average Bonchev–Trinajstić information content (AvgIpc) is 3.25. The van der Waals surface area contributed by atoms with Gasteiger partial charge in [0.25, 0.3) is 0 Å². The smallest absolute Gasteiger partial charge is 0.233 e. The van der Waals surface area contributed by atoms with Crippen molar-refractivity contribution in [1.82, 2.24) is 4.90 Å². The minimum absolute atomic E-state index is 0.230. The fourth-order valence-corrected chi connectivity index (χ4v) is 2.78. The van der Waals surface area contributed by atoms with Crippen LogP contribution in [0.4, 0.5) is 5.69 Å². The lowest BCUT2D eigenvalue weighted by Gasteiger charge is -2.26. The Morgan fingerprint density at radius 1 is 1.33 bits per heavy atom. The number of amides is 1. The number of nitrogens with two attached hydrogens (primary N) is 1. The predicted octanol–water partition coefficient (Wildman–Crippen LogP) is 2.31. The second kappa shape index (κ2) is 4.01. The minimum Gasteiger partial charge on any atom is -0.399 e. The van der Waals surface area contributed by atoms with Gasteiger partial charge in [0, 0.05) is 18.3 Å². The summed E-state index contributed by atoms with van der Waals surface area (Å²) in [6.45, 7) is 2.91. The van der Waals surface area contributed by atoms with Gasteiger partial charge in [-0.3, -0.25) is 4.79 Å². The van der Waals surface area contributed by atoms with Gasteiger partial charge in [-0.15, -0.1) is 0 Å². The molecule has 1 aromatic carbocycles. The van der Waals surface area contributed by atoms with Crippen LogP contribution in [0.1, 0.15) is 38.2 Å². The number of anilines is 1. The zero-order valence-electron chi connectivity index (χ0n) is 10.9. The first kappa shape index (κ1) is 11.6. The molecule has 0 unspecified atom stereocenters. The first-order valence-corrected chi connectivity index (χ1v) is 6.84. The Bertz CT molecular complexity index is 458. The van der Waals surface area contributed by atoms with Crippen LogP contribution in [-0.4, -0.2) is 23.4 Å². The molecule has 1 aromatic rings. The normalized spacial score (nSPS) is 20.5. The third-order valence-corrected chi connectivity index (χ3v) is 4.21. The molecular weight excluding hydrogens is 224 g/mol. The summed E-state index contributed by atoms with van der Waals surface area (Å²) < 4.78 is 0. The third kappa shape index (κ3) is 1.78. The first-order valence-electron chi connectivity index (χ1n) is 6.84. The standard InChI is InChI=1S/C15H20N2O/c1-2-17(13-7-8-13)14(18)15(9-10-15)11-3-5-12(16)6-4-11/h3-6,13H,2,7-10,16H2,1H3. The number of benzene rings is 1. The van der Waals surface area contributed by atoms with Crippen LogP contribution < -0.4 is 5.73 Å². The minimum atomic E-state index is -0.230. The van der Waals surface area contributed by atoms with Crippen LogP contribution >= 0.6 is 0 Å². The maximum Gasteiger partial charge on any atom is 0.233 e. The highest BCUT2D eigenvalue weighted by Gasteiger charge is 2.54. The second-order valence-corrected chi connectivity index (χ2v) is 5.53. The van der Waals surface area contributed by atoms with Gasteiger partial charge in [0.1, 0.15) is 0 Å². The van der Waals surface area contributed by atoms with E-state index in [9.17, 15) is 4.79 Å². The molecule has 2 fully saturated rings. The van der Waals surface area contributed by atoms with Crippen LogP contribution in [0.25, 0.3) is 0 Å². The number of nitrogens with zero attached hydrogens (tertiary/aromatic N) is 1. The van der Waals surface area contributed by atoms with E-state index in [0.717, 1.165) is 30.6 Å². The lowest BCUT2D eigenvalue weighted by molar-refractivity contribution is -0.134. The van der Waals surface area contributed by atoms with Gasteiger partial charge in [-0.25, -0.2) is 0 Å². The second-order valence-electron chi connectivity index (χ2n) is 5.53. The van der Waals surface area contributed by atoms with E-state index in [4.69, 9.17) is 5.73 Å². The van der Waals surface area contributed by atoms with Gasteiger partial charge in [-0.05, 0) is 50.3 Å². The van der Waals surface area contributed by atoms with Gasteiger partial charge in [0.05, 0.1) is 5.41 Å². The molecule has 96 valence electrons. The van der Waals surface area contributed by atoms with Crippen molar-refractivity contribution in [2.75, 3.05) is 12.3 Å². The number of hydrogen-bond donors (Lipinski definition) is 1. The first-order chi connectivity index (χ1) is 8.67. The molecule has 0 aliphatic heterocycles. The van der Waals surface area contributed by atoms with Crippen LogP contribution in [0.3, 0.4) is 0 Å². The van der Waals surface area contributed by atoms with Gasteiger partial charge < -0.3 is 10.6 Å². The fraction of sp³-hybridized carbons (Fsp3) is 0.533. The Balaban J connectivity index is 1.85. The van der Waals surface area contributed by atoms with Crippen LogP contribution in [0.5, 0.6) is 0 Å². The number of hydrogen-bond acceptors (Lipinski definition) is 2. The lowest BCUT2D eigenvalue weighted by Crippen LogP contribution is -2.40. The summed E-state index contributed by atoms with van der Waals surface area (Å²) in [6, 6.07) is 8.34. The monoisotopic (exact) mass is 244 g/mol. The van der Waals surface area contributed by atoms with Crippen LogP contribution in [0.15, 0.2) is 24.3 Å². The molecule has 0 spiro atoms. The van der Waals surface area contributed by atoms with E-state index in [0.29, 0.717) is 11.9 Å². The van der Waals surface area contributed by atoms with E-state index >= 15 is 0 Å². The zero-order chi connectivity index (χ0) is 12.8. The number of carbonyl (C=O) groups excluding carboxylic acids is 1. The molecule has 3 nitrogen and oxygen atoms in total. The van der Waals surface area contributed by atoms with Crippen LogP contribution in [0, 0.1) is 0 Å². The van der Waals surface area contributed by atoms with Gasteiger partial charge in [0.2, 0.25) is 5.91 Å². The molecule has 0 heterocycles. The van der Waals surface area contributed by atoms with Crippen molar-refractivity contribution in [1.29, 1.82) is 0 Å². The molecule has 3 rings (SSSR count). The van der Waals surface area contributed by atoms with E-state index in [1.807, 2.05) is 24.3 Å². The Morgan fingerprint density at radius 3 is 2.39 bits per heavy atom. The maximum atomic E-state index is 12.7. The molecule has 0 bridgehead atoms. The summed E-state index contributed by atoms with van der Waals surface area (Å²) >= 11 is 0. The number of rotatable bonds is 4. The highest BCUT2D eigenvalue weighted by molar-refractivity contribution is 5.91. The highest BCUT2D eigenvalue weighted by atomic mass is 16.2. The Hall–Kier alpha value is -1.51. The molecule has 2 N–H and O–H groups in total. The van der Waals surface area contributed by atoms with Crippen molar-refractivity contribution in [3.63, 3.8) is 0 Å². The summed E-state index contributed by atoms with van der Waals surface area (Å²) in [5.74, 6) is 0.331. The molecule has 0 aromatic heterocycles. The molecule has 2 aliphatic rings. The lowest BCUT2D eigenvalue weighted by atomic mass is 9.94. The summed E-state index contributed by atoms with van der Waals surface area (Å²) in [6.07, 6.45) is 4.33. The quantitative estimate of drug-likeness (QED) is 0.826. The summed E-state index contributed by atoms with van der Waals surface area (Å²) in [7, 11) is 0. The van der Waals surface area contributed by atoms with E-state index in [1.165, 1.54) is 12.8 Å². The fourth-order valence-electron chi connectivity index (χ4n) is 2.78. The number of carbonyl (C=O) groups is 1. The molecule has 0 radical (unpaired) electrons. The van der Waals surface area contributed by atoms with Gasteiger partial charge >= 0.3 is 0 Å². The molecule has 0 atom stereocenters. The van der Waals surface area contributed by atoms with Crippen molar-refractivity contribution >= 4 is 11.6 Å². The van der Waals surface area contributed by atoms with Crippen molar-refractivity contribution < 1.29 is 4.79 Å². The highest BCUT2D eigenvalue weighted by Crippen LogP contribution is 2.50. The summed E-state index contributed by atoms with van der Waals surface area (Å²) in [4.78, 5) is 14.8. The van der Waals surface area contributed by atoms with Gasteiger partial charge in [0.15, 0.2) is 0 Å².